The van der Waals surface area contributed by atoms with Crippen LogP contribution in [0.25, 0.3) is 0 Å². The molecule has 0 bridgehead atoms. The Bertz CT molecular complexity index is 582. The zero-order valence-electron chi connectivity index (χ0n) is 15.0. The van der Waals surface area contributed by atoms with E-state index in [0.717, 1.165) is 56.4 Å². The van der Waals surface area contributed by atoms with Crippen LogP contribution >= 0.6 is 0 Å². The maximum Gasteiger partial charge on any atom is 0.191 e. The topological polar surface area (TPSA) is 54.9 Å². The summed E-state index contributed by atoms with van der Waals surface area (Å²) in [7, 11) is 1.70. The maximum atomic E-state index is 5.45. The first-order valence-corrected chi connectivity index (χ1v) is 8.64. The molecule has 1 heterocycles. The molecule has 0 atom stereocenters. The highest BCUT2D eigenvalue weighted by Crippen LogP contribution is 2.20. The first kappa shape index (κ1) is 18.3. The minimum atomic E-state index is 0.593. The molecule has 0 amide bonds. The van der Waals surface area contributed by atoms with E-state index in [1.54, 1.807) is 7.11 Å². The lowest BCUT2D eigenvalue weighted by Crippen LogP contribution is -2.38. The van der Waals surface area contributed by atoms with Gasteiger partial charge in [0.25, 0.3) is 0 Å². The molecule has 0 radical (unpaired) electrons. The van der Waals surface area contributed by atoms with Crippen molar-refractivity contribution in [3.05, 3.63) is 41.0 Å². The fourth-order valence-electron chi connectivity index (χ4n) is 2.62. The lowest BCUT2D eigenvalue weighted by atomic mass is 10.1. The second-order valence-electron chi connectivity index (χ2n) is 5.87. The van der Waals surface area contributed by atoms with Crippen molar-refractivity contribution in [2.75, 3.05) is 33.4 Å². The van der Waals surface area contributed by atoms with Crippen LogP contribution in [-0.4, -0.2) is 39.4 Å². The zero-order valence-corrected chi connectivity index (χ0v) is 15.0. The molecule has 0 saturated heterocycles. The van der Waals surface area contributed by atoms with Gasteiger partial charge in [-0.3, -0.25) is 0 Å². The van der Waals surface area contributed by atoms with Gasteiger partial charge in [0.2, 0.25) is 0 Å². The molecule has 0 aromatic heterocycles. The number of hydrogen-bond donors (Lipinski definition) is 2. The standard InChI is InChI=1S/C19H29N3O2/c1-4-20-19(21-10-7-16-8-11-24-12-9-16)22-14-17-6-5-15(2)13-18(17)23-3/h5-6,8,13H,4,7,9-12,14H2,1-3H3,(H2,20,21,22). The summed E-state index contributed by atoms with van der Waals surface area (Å²) in [5.74, 6) is 1.73. The first-order chi connectivity index (χ1) is 11.7. The van der Waals surface area contributed by atoms with Crippen molar-refractivity contribution >= 4 is 5.96 Å². The van der Waals surface area contributed by atoms with Gasteiger partial charge in [-0.2, -0.15) is 0 Å². The molecule has 0 fully saturated rings. The van der Waals surface area contributed by atoms with Crippen LogP contribution in [0.15, 0.2) is 34.8 Å². The maximum absolute atomic E-state index is 5.45. The van der Waals surface area contributed by atoms with Crippen LogP contribution in [0, 0.1) is 6.92 Å². The van der Waals surface area contributed by atoms with Gasteiger partial charge in [0.05, 0.1) is 26.9 Å². The van der Waals surface area contributed by atoms with Crippen molar-refractivity contribution in [1.82, 2.24) is 10.6 Å². The predicted molar refractivity (Wildman–Crippen MR) is 98.7 cm³/mol. The van der Waals surface area contributed by atoms with E-state index in [0.29, 0.717) is 6.54 Å². The molecule has 5 nitrogen and oxygen atoms in total. The summed E-state index contributed by atoms with van der Waals surface area (Å²) < 4.78 is 10.8. The summed E-state index contributed by atoms with van der Waals surface area (Å²) in [6.45, 7) is 8.03. The summed E-state index contributed by atoms with van der Waals surface area (Å²) in [5.41, 5.74) is 3.74. The monoisotopic (exact) mass is 331 g/mol. The van der Waals surface area contributed by atoms with E-state index in [9.17, 15) is 0 Å². The number of nitrogens with one attached hydrogen (secondary N) is 2. The van der Waals surface area contributed by atoms with Crippen LogP contribution in [0.3, 0.4) is 0 Å². The second-order valence-corrected chi connectivity index (χ2v) is 5.87. The van der Waals surface area contributed by atoms with Gasteiger partial charge < -0.3 is 20.1 Å². The number of guanidine groups is 1. The summed E-state index contributed by atoms with van der Waals surface area (Å²) >= 11 is 0. The van der Waals surface area contributed by atoms with Gasteiger partial charge in [0.15, 0.2) is 5.96 Å². The third-order valence-corrected chi connectivity index (χ3v) is 3.99. The highest BCUT2D eigenvalue weighted by atomic mass is 16.5. The molecule has 0 unspecified atom stereocenters. The Morgan fingerprint density at radius 2 is 2.21 bits per heavy atom. The third-order valence-electron chi connectivity index (χ3n) is 3.99. The van der Waals surface area contributed by atoms with Crippen molar-refractivity contribution in [1.29, 1.82) is 0 Å². The van der Waals surface area contributed by atoms with Crippen LogP contribution in [0.1, 0.15) is 30.9 Å². The molecule has 132 valence electrons. The van der Waals surface area contributed by atoms with E-state index in [2.05, 4.69) is 47.7 Å². The van der Waals surface area contributed by atoms with Crippen molar-refractivity contribution in [3.63, 3.8) is 0 Å². The Morgan fingerprint density at radius 3 is 2.92 bits per heavy atom. The molecule has 5 heteroatoms. The molecular formula is C19H29N3O2. The molecule has 2 rings (SSSR count). The highest BCUT2D eigenvalue weighted by molar-refractivity contribution is 5.79. The molecule has 1 aliphatic rings. The predicted octanol–water partition coefficient (Wildman–Crippen LogP) is 2.80. The van der Waals surface area contributed by atoms with Crippen LogP contribution in [0.2, 0.25) is 0 Å². The van der Waals surface area contributed by atoms with Crippen molar-refractivity contribution in [2.45, 2.75) is 33.2 Å². The van der Waals surface area contributed by atoms with E-state index in [1.165, 1.54) is 11.1 Å². The lowest BCUT2D eigenvalue weighted by Gasteiger charge is -2.15. The molecule has 24 heavy (non-hydrogen) atoms. The van der Waals surface area contributed by atoms with Gasteiger partial charge in [-0.05, 0) is 38.3 Å². The highest BCUT2D eigenvalue weighted by Gasteiger charge is 2.06. The number of aryl methyl sites for hydroxylation is 1. The largest absolute Gasteiger partial charge is 0.496 e. The van der Waals surface area contributed by atoms with E-state index < -0.39 is 0 Å². The Hall–Kier alpha value is -2.01. The summed E-state index contributed by atoms with van der Waals surface area (Å²) in [4.78, 5) is 4.67. The lowest BCUT2D eigenvalue weighted by molar-refractivity contribution is 0.153. The summed E-state index contributed by atoms with van der Waals surface area (Å²) in [6, 6.07) is 6.21. The van der Waals surface area contributed by atoms with Gasteiger partial charge in [-0.15, -0.1) is 0 Å². The normalized spacial score (nSPS) is 15.0. The molecule has 1 aromatic carbocycles. The third kappa shape index (κ3) is 5.89. The quantitative estimate of drug-likeness (QED) is 0.458. The van der Waals surface area contributed by atoms with Crippen LogP contribution < -0.4 is 15.4 Å². The van der Waals surface area contributed by atoms with Crippen LogP contribution in [0.4, 0.5) is 0 Å². The van der Waals surface area contributed by atoms with Gasteiger partial charge >= 0.3 is 0 Å². The number of nitrogens with zero attached hydrogens (tertiary/aromatic N) is 1. The second kappa shape index (κ2) is 9.98. The van der Waals surface area contributed by atoms with E-state index in [-0.39, 0.29) is 0 Å². The number of ether oxygens (including phenoxy) is 2. The fraction of sp³-hybridized carbons (Fsp3) is 0.526. The number of aliphatic imine (C=N–C) groups is 1. The van der Waals surface area contributed by atoms with Gasteiger partial charge in [-0.25, -0.2) is 4.99 Å². The molecule has 1 aliphatic heterocycles. The molecule has 0 saturated carbocycles. The molecule has 0 spiro atoms. The van der Waals surface area contributed by atoms with Gasteiger partial charge in [-0.1, -0.05) is 23.8 Å². The Labute approximate surface area is 145 Å². The smallest absolute Gasteiger partial charge is 0.191 e. The van der Waals surface area contributed by atoms with E-state index in [4.69, 9.17) is 9.47 Å². The zero-order chi connectivity index (χ0) is 17.2. The van der Waals surface area contributed by atoms with Gasteiger partial charge in [0, 0.05) is 18.7 Å². The Balaban J connectivity index is 1.91. The average molecular weight is 331 g/mol. The van der Waals surface area contributed by atoms with E-state index >= 15 is 0 Å². The minimum absolute atomic E-state index is 0.593. The molecule has 1 aromatic rings. The van der Waals surface area contributed by atoms with Crippen LogP contribution in [-0.2, 0) is 11.3 Å². The Morgan fingerprint density at radius 1 is 1.33 bits per heavy atom. The molecular weight excluding hydrogens is 302 g/mol. The van der Waals surface area contributed by atoms with Crippen molar-refractivity contribution in [2.24, 2.45) is 4.99 Å². The number of methoxy groups -OCH3 is 1. The number of rotatable bonds is 7. The molecule has 0 aliphatic carbocycles. The first-order valence-electron chi connectivity index (χ1n) is 8.64. The number of hydrogen-bond acceptors (Lipinski definition) is 3. The Kier molecular flexibility index (Phi) is 7.62. The average Bonchev–Trinajstić information content (AvgIpc) is 2.61. The summed E-state index contributed by atoms with van der Waals surface area (Å²) in [5, 5.41) is 6.70. The number of benzene rings is 1. The van der Waals surface area contributed by atoms with Crippen molar-refractivity contribution in [3.8, 4) is 5.75 Å². The van der Waals surface area contributed by atoms with Crippen LogP contribution in [0.5, 0.6) is 5.75 Å². The minimum Gasteiger partial charge on any atom is -0.496 e. The summed E-state index contributed by atoms with van der Waals surface area (Å²) in [6.07, 6.45) is 4.25. The van der Waals surface area contributed by atoms with E-state index in [1.807, 2.05) is 6.07 Å². The van der Waals surface area contributed by atoms with Crippen molar-refractivity contribution < 1.29 is 9.47 Å². The SMILES string of the molecule is CCNC(=NCc1ccc(C)cc1OC)NCCC1=CCOCC1. The van der Waals surface area contributed by atoms with Gasteiger partial charge in [0.1, 0.15) is 5.75 Å². The fourth-order valence-corrected chi connectivity index (χ4v) is 2.62. The molecule has 2 N–H and O–H groups in total.